The highest BCUT2D eigenvalue weighted by Gasteiger charge is 2.54. The zero-order valence-corrected chi connectivity index (χ0v) is 11.2. The van der Waals surface area contributed by atoms with Crippen LogP contribution in [0.5, 0.6) is 0 Å². The van der Waals surface area contributed by atoms with Crippen LogP contribution in [0, 0.1) is 17.8 Å². The molecule has 0 aromatic carbocycles. The van der Waals surface area contributed by atoms with Crippen molar-refractivity contribution in [3.8, 4) is 0 Å². The van der Waals surface area contributed by atoms with Crippen molar-refractivity contribution < 1.29 is 9.59 Å². The third-order valence-corrected chi connectivity index (χ3v) is 4.96. The molecule has 0 aromatic rings. The van der Waals surface area contributed by atoms with Crippen LogP contribution >= 0.6 is 0 Å². The Balaban J connectivity index is 1.82. The van der Waals surface area contributed by atoms with Crippen LogP contribution in [0.4, 0.5) is 0 Å². The van der Waals surface area contributed by atoms with Gasteiger partial charge in [-0.25, -0.2) is 0 Å². The van der Waals surface area contributed by atoms with Crippen LogP contribution < -0.4 is 5.32 Å². The molecule has 100 valence electrons. The minimum absolute atomic E-state index is 0.0124. The van der Waals surface area contributed by atoms with E-state index in [1.807, 2.05) is 0 Å². The second-order valence-corrected chi connectivity index (χ2v) is 6.29. The van der Waals surface area contributed by atoms with Crippen LogP contribution in [0.15, 0.2) is 0 Å². The van der Waals surface area contributed by atoms with Crippen LogP contribution in [-0.4, -0.2) is 35.3 Å². The summed E-state index contributed by atoms with van der Waals surface area (Å²) in [6.45, 7) is 5.23. The normalized spacial score (nSPS) is 44.6. The average Bonchev–Trinajstić information content (AvgIpc) is 2.82. The van der Waals surface area contributed by atoms with E-state index >= 15 is 0 Å². The van der Waals surface area contributed by atoms with Crippen molar-refractivity contribution >= 4 is 11.8 Å². The van der Waals surface area contributed by atoms with Gasteiger partial charge < -0.3 is 5.32 Å². The van der Waals surface area contributed by atoms with E-state index in [2.05, 4.69) is 19.2 Å². The quantitative estimate of drug-likeness (QED) is 0.710. The number of rotatable bonds is 1. The Morgan fingerprint density at radius 2 is 1.72 bits per heavy atom. The Morgan fingerprint density at radius 1 is 1.11 bits per heavy atom. The Morgan fingerprint density at radius 3 is 2.28 bits per heavy atom. The molecule has 0 spiro atoms. The minimum Gasteiger partial charge on any atom is -0.312 e. The lowest BCUT2D eigenvalue weighted by Gasteiger charge is -2.36. The summed E-state index contributed by atoms with van der Waals surface area (Å²) in [5.74, 6) is 0.713. The van der Waals surface area contributed by atoms with Crippen molar-refractivity contribution in [3.63, 3.8) is 0 Å². The van der Waals surface area contributed by atoms with E-state index in [0.29, 0.717) is 5.92 Å². The van der Waals surface area contributed by atoms with Gasteiger partial charge in [-0.1, -0.05) is 6.92 Å². The molecule has 1 aliphatic carbocycles. The Kier molecular flexibility index (Phi) is 2.93. The van der Waals surface area contributed by atoms with Crippen LogP contribution in [0.25, 0.3) is 0 Å². The molecule has 4 atom stereocenters. The number of carbonyl (C=O) groups excluding carboxylic acids is 2. The summed E-state index contributed by atoms with van der Waals surface area (Å²) >= 11 is 0. The Bertz CT molecular complexity index is 358. The summed E-state index contributed by atoms with van der Waals surface area (Å²) in [7, 11) is 0. The number of imide groups is 1. The van der Waals surface area contributed by atoms with Crippen molar-refractivity contribution in [2.45, 2.75) is 51.6 Å². The highest BCUT2D eigenvalue weighted by Crippen LogP contribution is 2.44. The molecule has 2 saturated heterocycles. The molecule has 0 aromatic heterocycles. The predicted molar refractivity (Wildman–Crippen MR) is 67.7 cm³/mol. The molecule has 0 radical (unpaired) electrons. The first kappa shape index (κ1) is 12.2. The lowest BCUT2D eigenvalue weighted by molar-refractivity contribution is -0.144. The van der Waals surface area contributed by atoms with Crippen molar-refractivity contribution in [3.05, 3.63) is 0 Å². The van der Waals surface area contributed by atoms with E-state index in [1.54, 1.807) is 4.90 Å². The third-order valence-electron chi connectivity index (χ3n) is 4.96. The summed E-state index contributed by atoms with van der Waals surface area (Å²) in [5, 5.41) is 3.38. The van der Waals surface area contributed by atoms with E-state index in [-0.39, 0.29) is 35.7 Å². The number of hydrogen-bond donors (Lipinski definition) is 1. The molecule has 3 aliphatic rings. The molecule has 4 heteroatoms. The van der Waals surface area contributed by atoms with Gasteiger partial charge in [-0.05, 0) is 45.1 Å². The van der Waals surface area contributed by atoms with Gasteiger partial charge in [0.05, 0.1) is 17.9 Å². The minimum atomic E-state index is -0.0124. The summed E-state index contributed by atoms with van der Waals surface area (Å²) < 4.78 is 0. The van der Waals surface area contributed by atoms with Gasteiger partial charge in [-0.15, -0.1) is 0 Å². The van der Waals surface area contributed by atoms with Crippen LogP contribution in [0.1, 0.15) is 39.5 Å². The molecule has 2 heterocycles. The summed E-state index contributed by atoms with van der Waals surface area (Å²) in [5.41, 5.74) is 0. The topological polar surface area (TPSA) is 49.4 Å². The maximum Gasteiger partial charge on any atom is 0.233 e. The van der Waals surface area contributed by atoms with Crippen molar-refractivity contribution in [2.24, 2.45) is 17.8 Å². The van der Waals surface area contributed by atoms with Gasteiger partial charge in [0.25, 0.3) is 0 Å². The van der Waals surface area contributed by atoms with Crippen molar-refractivity contribution in [2.75, 3.05) is 6.54 Å². The van der Waals surface area contributed by atoms with E-state index in [0.717, 1.165) is 32.2 Å². The molecular weight excluding hydrogens is 228 g/mol. The Labute approximate surface area is 108 Å². The largest absolute Gasteiger partial charge is 0.312 e. The van der Waals surface area contributed by atoms with E-state index in [4.69, 9.17) is 0 Å². The van der Waals surface area contributed by atoms with Crippen LogP contribution in [0.3, 0.4) is 0 Å². The number of hydrogen-bond acceptors (Lipinski definition) is 3. The smallest absolute Gasteiger partial charge is 0.233 e. The van der Waals surface area contributed by atoms with Gasteiger partial charge in [-0.2, -0.15) is 0 Å². The molecule has 0 bridgehead atoms. The van der Waals surface area contributed by atoms with Gasteiger partial charge >= 0.3 is 0 Å². The van der Waals surface area contributed by atoms with E-state index in [9.17, 15) is 9.59 Å². The molecule has 4 nitrogen and oxygen atoms in total. The summed E-state index contributed by atoms with van der Waals surface area (Å²) in [6, 6.07) is 0.322. The number of piperidine rings is 1. The van der Waals surface area contributed by atoms with Gasteiger partial charge in [0.1, 0.15) is 0 Å². The zero-order chi connectivity index (χ0) is 12.9. The molecule has 18 heavy (non-hydrogen) atoms. The van der Waals surface area contributed by atoms with Crippen molar-refractivity contribution in [1.82, 2.24) is 10.2 Å². The first-order valence-corrected chi connectivity index (χ1v) is 7.20. The number of amides is 2. The van der Waals surface area contributed by atoms with Crippen molar-refractivity contribution in [1.29, 1.82) is 0 Å². The fourth-order valence-electron chi connectivity index (χ4n) is 4.01. The number of carbonyl (C=O) groups is 2. The monoisotopic (exact) mass is 250 g/mol. The van der Waals surface area contributed by atoms with Crippen LogP contribution in [0.2, 0.25) is 0 Å². The lowest BCUT2D eigenvalue weighted by Crippen LogP contribution is -2.54. The number of fused-ring (bicyclic) bond motifs is 1. The first-order valence-electron chi connectivity index (χ1n) is 7.20. The second kappa shape index (κ2) is 4.34. The molecule has 1 N–H and O–H groups in total. The standard InChI is InChI=1S/C14H22N2O2/c1-8-6-10-11(7-8)14(18)16(13(10)17)12-4-3-5-15-9(12)2/h8-12,15H,3-7H2,1-2H3. The zero-order valence-electron chi connectivity index (χ0n) is 11.2. The second-order valence-electron chi connectivity index (χ2n) is 6.29. The molecule has 2 aliphatic heterocycles. The molecule has 3 fully saturated rings. The van der Waals surface area contributed by atoms with Gasteiger partial charge in [0, 0.05) is 6.04 Å². The molecule has 2 amide bonds. The lowest BCUT2D eigenvalue weighted by atomic mass is 9.97. The molecule has 1 saturated carbocycles. The fourth-order valence-corrected chi connectivity index (χ4v) is 4.01. The van der Waals surface area contributed by atoms with E-state index < -0.39 is 0 Å². The maximum atomic E-state index is 12.5. The first-order chi connectivity index (χ1) is 8.59. The van der Waals surface area contributed by atoms with E-state index in [1.165, 1.54) is 0 Å². The Hall–Kier alpha value is -0.900. The number of likely N-dealkylation sites (tertiary alicyclic amines) is 1. The summed E-state index contributed by atoms with van der Waals surface area (Å²) in [6.07, 6.45) is 3.82. The van der Waals surface area contributed by atoms with Crippen LogP contribution in [-0.2, 0) is 9.59 Å². The predicted octanol–water partition coefficient (Wildman–Crippen LogP) is 1.16. The number of nitrogens with zero attached hydrogens (tertiary/aromatic N) is 1. The third kappa shape index (κ3) is 1.69. The van der Waals surface area contributed by atoms with Gasteiger partial charge in [-0.3, -0.25) is 14.5 Å². The SMILES string of the molecule is CC1CC2C(=O)N(C3CCCNC3C)C(=O)C2C1. The highest BCUT2D eigenvalue weighted by atomic mass is 16.2. The molecule has 3 rings (SSSR count). The summed E-state index contributed by atoms with van der Waals surface area (Å²) in [4.78, 5) is 26.5. The number of nitrogens with one attached hydrogen (secondary N) is 1. The molecular formula is C14H22N2O2. The average molecular weight is 250 g/mol. The maximum absolute atomic E-state index is 12.5. The van der Waals surface area contributed by atoms with Gasteiger partial charge in [0.15, 0.2) is 0 Å². The molecule has 4 unspecified atom stereocenters. The van der Waals surface area contributed by atoms with Gasteiger partial charge in [0.2, 0.25) is 11.8 Å². The fraction of sp³-hybridized carbons (Fsp3) is 0.857. The highest BCUT2D eigenvalue weighted by molar-refractivity contribution is 6.05.